The molecule has 1 aliphatic rings. The van der Waals surface area contributed by atoms with E-state index in [1.165, 1.54) is 7.11 Å². The van der Waals surface area contributed by atoms with Gasteiger partial charge in [-0.05, 0) is 12.1 Å². The third-order valence-electron chi connectivity index (χ3n) is 3.16. The lowest BCUT2D eigenvalue weighted by Crippen LogP contribution is -2.35. The number of hydrogen-bond acceptors (Lipinski definition) is 4. The van der Waals surface area contributed by atoms with Gasteiger partial charge in [0.2, 0.25) is 11.8 Å². The lowest BCUT2D eigenvalue weighted by Gasteiger charge is -2.13. The Morgan fingerprint density at radius 2 is 2.16 bits per heavy atom. The van der Waals surface area contributed by atoms with Crippen LogP contribution in [0.3, 0.4) is 0 Å². The summed E-state index contributed by atoms with van der Waals surface area (Å²) in [5.41, 5.74) is 0.430. The van der Waals surface area contributed by atoms with Gasteiger partial charge in [-0.2, -0.15) is 0 Å². The summed E-state index contributed by atoms with van der Waals surface area (Å²) in [6.07, 6.45) is 0.185. The highest BCUT2D eigenvalue weighted by Gasteiger charge is 2.36. The van der Waals surface area contributed by atoms with Gasteiger partial charge in [0.1, 0.15) is 5.75 Å². The van der Waals surface area contributed by atoms with Crippen molar-refractivity contribution in [1.29, 1.82) is 0 Å². The zero-order valence-electron chi connectivity index (χ0n) is 10.9. The summed E-state index contributed by atoms with van der Waals surface area (Å²) in [5, 5.41) is 0. The molecule has 1 saturated heterocycles. The molecule has 0 spiro atoms. The van der Waals surface area contributed by atoms with Gasteiger partial charge in [0, 0.05) is 17.9 Å². The molecule has 5 heteroatoms. The van der Waals surface area contributed by atoms with Gasteiger partial charge in [0.15, 0.2) is 5.78 Å². The van der Waals surface area contributed by atoms with Crippen molar-refractivity contribution >= 4 is 17.6 Å². The summed E-state index contributed by atoms with van der Waals surface area (Å²) < 4.78 is 5.03. The molecule has 19 heavy (non-hydrogen) atoms. The third kappa shape index (κ3) is 2.65. The summed E-state index contributed by atoms with van der Waals surface area (Å²) in [7, 11) is 1.51. The van der Waals surface area contributed by atoms with Crippen LogP contribution in [0.1, 0.15) is 23.7 Å². The molecule has 1 heterocycles. The predicted molar refractivity (Wildman–Crippen MR) is 67.8 cm³/mol. The Hall–Kier alpha value is -2.17. The normalized spacial score (nSPS) is 18.8. The fraction of sp³-hybridized carbons (Fsp3) is 0.357. The number of Topliss-reactive ketones (excluding diaryl/α,β-unsaturated/α-hetero) is 1. The molecule has 1 unspecified atom stereocenters. The van der Waals surface area contributed by atoms with Gasteiger partial charge in [0.05, 0.1) is 13.7 Å². The molecule has 0 radical (unpaired) electrons. The van der Waals surface area contributed by atoms with Crippen molar-refractivity contribution in [3.63, 3.8) is 0 Å². The lowest BCUT2D eigenvalue weighted by molar-refractivity contribution is -0.138. The molecule has 100 valence electrons. The van der Waals surface area contributed by atoms with Crippen LogP contribution in [0, 0.1) is 5.92 Å². The van der Waals surface area contributed by atoms with Crippen LogP contribution in [0.25, 0.3) is 0 Å². The van der Waals surface area contributed by atoms with Crippen LogP contribution in [-0.2, 0) is 9.59 Å². The number of ketones is 1. The van der Waals surface area contributed by atoms with Crippen LogP contribution in [-0.4, -0.2) is 36.2 Å². The van der Waals surface area contributed by atoms with Crippen molar-refractivity contribution in [2.45, 2.75) is 13.3 Å². The van der Waals surface area contributed by atoms with Gasteiger partial charge in [-0.15, -0.1) is 0 Å². The fourth-order valence-corrected chi connectivity index (χ4v) is 2.05. The molecule has 0 saturated carbocycles. The van der Waals surface area contributed by atoms with Crippen LogP contribution in [0.5, 0.6) is 5.75 Å². The molecular formula is C14H15NO4. The fourth-order valence-electron chi connectivity index (χ4n) is 2.05. The minimum Gasteiger partial charge on any atom is -0.497 e. The largest absolute Gasteiger partial charge is 0.497 e. The van der Waals surface area contributed by atoms with Crippen molar-refractivity contribution in [2.75, 3.05) is 13.7 Å². The molecule has 2 rings (SSSR count). The maximum Gasteiger partial charge on any atom is 0.232 e. The third-order valence-corrected chi connectivity index (χ3v) is 3.16. The Labute approximate surface area is 111 Å². The topological polar surface area (TPSA) is 63.7 Å². The molecule has 0 bridgehead atoms. The number of hydrogen-bond donors (Lipinski definition) is 0. The first-order valence-corrected chi connectivity index (χ1v) is 6.04. The second-order valence-electron chi connectivity index (χ2n) is 4.58. The molecule has 1 aliphatic heterocycles. The number of carbonyl (C=O) groups is 3. The molecule has 1 aromatic rings. The van der Waals surface area contributed by atoms with Crippen LogP contribution in [0.2, 0.25) is 0 Å². The van der Waals surface area contributed by atoms with Gasteiger partial charge < -0.3 is 4.74 Å². The van der Waals surface area contributed by atoms with Crippen LogP contribution >= 0.6 is 0 Å². The summed E-state index contributed by atoms with van der Waals surface area (Å²) >= 11 is 0. The van der Waals surface area contributed by atoms with Crippen molar-refractivity contribution in [2.24, 2.45) is 5.92 Å². The number of likely N-dealkylation sites (tertiary alicyclic amines) is 1. The van der Waals surface area contributed by atoms with E-state index in [-0.39, 0.29) is 36.5 Å². The first-order chi connectivity index (χ1) is 9.02. The zero-order chi connectivity index (χ0) is 14.0. The Morgan fingerprint density at radius 1 is 1.42 bits per heavy atom. The standard InChI is InChI=1S/C14H15NO4/c1-9-6-13(17)15(14(9)18)8-12(16)10-4-3-5-11(7-10)19-2/h3-5,7,9H,6,8H2,1-2H3. The average molecular weight is 261 g/mol. The van der Waals surface area contributed by atoms with E-state index >= 15 is 0 Å². The van der Waals surface area contributed by atoms with Crippen LogP contribution in [0.4, 0.5) is 0 Å². The number of methoxy groups -OCH3 is 1. The number of imide groups is 1. The lowest BCUT2D eigenvalue weighted by atomic mass is 10.1. The van der Waals surface area contributed by atoms with E-state index < -0.39 is 0 Å². The maximum atomic E-state index is 12.1. The highest BCUT2D eigenvalue weighted by molar-refractivity contribution is 6.08. The Kier molecular flexibility index (Phi) is 3.64. The first kappa shape index (κ1) is 13.3. The molecule has 1 aromatic carbocycles. The minimum atomic E-state index is -0.328. The summed E-state index contributed by atoms with van der Waals surface area (Å²) in [6.45, 7) is 1.49. The SMILES string of the molecule is COc1cccc(C(=O)CN2C(=O)CC(C)C2=O)c1. The molecule has 1 fully saturated rings. The van der Waals surface area contributed by atoms with Gasteiger partial charge in [-0.25, -0.2) is 0 Å². The number of nitrogens with zero attached hydrogens (tertiary/aromatic N) is 1. The average Bonchev–Trinajstić information content (AvgIpc) is 2.65. The Morgan fingerprint density at radius 3 is 2.74 bits per heavy atom. The molecule has 1 atom stereocenters. The van der Waals surface area contributed by atoms with E-state index in [4.69, 9.17) is 4.74 Å². The van der Waals surface area contributed by atoms with E-state index in [2.05, 4.69) is 0 Å². The van der Waals surface area contributed by atoms with Crippen LogP contribution < -0.4 is 4.74 Å². The van der Waals surface area contributed by atoms with Crippen LogP contribution in [0.15, 0.2) is 24.3 Å². The highest BCUT2D eigenvalue weighted by atomic mass is 16.5. The molecule has 2 amide bonds. The first-order valence-electron chi connectivity index (χ1n) is 6.04. The number of benzene rings is 1. The van der Waals surface area contributed by atoms with E-state index in [1.807, 2.05) is 0 Å². The van der Waals surface area contributed by atoms with Gasteiger partial charge in [0.25, 0.3) is 0 Å². The molecule has 0 aliphatic carbocycles. The van der Waals surface area contributed by atoms with Crippen molar-refractivity contribution in [1.82, 2.24) is 4.90 Å². The maximum absolute atomic E-state index is 12.1. The zero-order valence-corrected chi connectivity index (χ0v) is 10.9. The molecule has 0 N–H and O–H groups in total. The second-order valence-corrected chi connectivity index (χ2v) is 4.58. The number of rotatable bonds is 4. The Balaban J connectivity index is 2.13. The predicted octanol–water partition coefficient (Wildman–Crippen LogP) is 1.27. The van der Waals surface area contributed by atoms with E-state index in [0.717, 1.165) is 4.90 Å². The molecular weight excluding hydrogens is 246 g/mol. The minimum absolute atomic E-state index is 0.185. The summed E-state index contributed by atoms with van der Waals surface area (Å²) in [4.78, 5) is 36.4. The van der Waals surface area contributed by atoms with Gasteiger partial charge in [-0.3, -0.25) is 19.3 Å². The monoisotopic (exact) mass is 261 g/mol. The van der Waals surface area contributed by atoms with Crippen molar-refractivity contribution in [3.05, 3.63) is 29.8 Å². The second kappa shape index (κ2) is 5.22. The smallest absolute Gasteiger partial charge is 0.232 e. The molecule has 5 nitrogen and oxygen atoms in total. The summed E-state index contributed by atoms with van der Waals surface area (Å²) in [5.74, 6) is -0.589. The van der Waals surface area contributed by atoms with Gasteiger partial charge in [-0.1, -0.05) is 19.1 Å². The highest BCUT2D eigenvalue weighted by Crippen LogP contribution is 2.20. The van der Waals surface area contributed by atoms with E-state index in [9.17, 15) is 14.4 Å². The van der Waals surface area contributed by atoms with Crippen molar-refractivity contribution in [3.8, 4) is 5.75 Å². The van der Waals surface area contributed by atoms with Gasteiger partial charge >= 0.3 is 0 Å². The number of carbonyl (C=O) groups excluding carboxylic acids is 3. The Bertz CT molecular complexity index is 538. The van der Waals surface area contributed by atoms with E-state index in [1.54, 1.807) is 31.2 Å². The van der Waals surface area contributed by atoms with Crippen molar-refractivity contribution < 1.29 is 19.1 Å². The van der Waals surface area contributed by atoms with E-state index in [0.29, 0.717) is 11.3 Å². The summed E-state index contributed by atoms with van der Waals surface area (Å²) in [6, 6.07) is 6.66. The molecule has 0 aromatic heterocycles. The number of amides is 2. The number of ether oxygens (including phenoxy) is 1. The quantitative estimate of drug-likeness (QED) is 0.605.